The summed E-state index contributed by atoms with van der Waals surface area (Å²) < 4.78 is 4.87. The summed E-state index contributed by atoms with van der Waals surface area (Å²) in [4.78, 5) is 4.28. The van der Waals surface area contributed by atoms with Gasteiger partial charge in [-0.05, 0) is 30.0 Å². The monoisotopic (exact) mass is 225 g/mol. The van der Waals surface area contributed by atoms with Crippen LogP contribution in [-0.2, 0) is 0 Å². The average Bonchev–Trinajstić information content (AvgIpc) is 2.76. The Morgan fingerprint density at radius 1 is 1.24 bits per heavy atom. The zero-order chi connectivity index (χ0) is 11.8. The van der Waals surface area contributed by atoms with Gasteiger partial charge in [-0.1, -0.05) is 17.3 Å². The van der Waals surface area contributed by atoms with Crippen molar-refractivity contribution in [2.75, 3.05) is 5.73 Å². The molecule has 0 bridgehead atoms. The van der Waals surface area contributed by atoms with Crippen molar-refractivity contribution >= 4 is 16.7 Å². The van der Waals surface area contributed by atoms with Crippen LogP contribution in [0.1, 0.15) is 5.69 Å². The van der Waals surface area contributed by atoms with Gasteiger partial charge in [-0.25, -0.2) is 0 Å². The van der Waals surface area contributed by atoms with E-state index in [1.165, 1.54) is 0 Å². The first kappa shape index (κ1) is 9.84. The van der Waals surface area contributed by atoms with E-state index in [0.29, 0.717) is 5.88 Å². The molecule has 0 radical (unpaired) electrons. The third-order valence-corrected chi connectivity index (χ3v) is 2.87. The predicted molar refractivity (Wildman–Crippen MR) is 66.4 cm³/mol. The molecule has 2 heterocycles. The van der Waals surface area contributed by atoms with E-state index in [1.807, 2.05) is 31.3 Å². The molecule has 0 spiro atoms. The van der Waals surface area contributed by atoms with Crippen LogP contribution in [0.3, 0.4) is 0 Å². The number of nitrogen functional groups attached to an aromatic ring is 1. The van der Waals surface area contributed by atoms with Gasteiger partial charge in [-0.15, -0.1) is 0 Å². The number of rotatable bonds is 1. The van der Waals surface area contributed by atoms with E-state index in [1.54, 1.807) is 6.20 Å². The predicted octanol–water partition coefficient (Wildman–Crippen LogP) is 2.78. The van der Waals surface area contributed by atoms with Crippen molar-refractivity contribution in [1.29, 1.82) is 0 Å². The summed E-state index contributed by atoms with van der Waals surface area (Å²) in [7, 11) is 0. The first-order chi connectivity index (χ1) is 8.25. The van der Waals surface area contributed by atoms with Gasteiger partial charge in [-0.3, -0.25) is 4.98 Å². The van der Waals surface area contributed by atoms with Gasteiger partial charge in [0.15, 0.2) is 0 Å². The van der Waals surface area contributed by atoms with Crippen LogP contribution in [0.2, 0.25) is 0 Å². The summed E-state index contributed by atoms with van der Waals surface area (Å²) >= 11 is 0. The second-order valence-corrected chi connectivity index (χ2v) is 3.94. The van der Waals surface area contributed by atoms with Crippen LogP contribution < -0.4 is 5.73 Å². The molecule has 0 amide bonds. The Morgan fingerprint density at radius 3 is 2.88 bits per heavy atom. The van der Waals surface area contributed by atoms with Gasteiger partial charge < -0.3 is 10.3 Å². The third kappa shape index (κ3) is 1.54. The average molecular weight is 225 g/mol. The maximum absolute atomic E-state index is 5.71. The molecule has 3 rings (SSSR count). The lowest BCUT2D eigenvalue weighted by atomic mass is 10.0. The number of aromatic nitrogens is 2. The second-order valence-electron chi connectivity index (χ2n) is 3.94. The van der Waals surface area contributed by atoms with Crippen molar-refractivity contribution in [3.8, 4) is 11.1 Å². The first-order valence-electron chi connectivity index (χ1n) is 5.31. The molecule has 0 unspecified atom stereocenters. The lowest BCUT2D eigenvalue weighted by Crippen LogP contribution is -1.87. The van der Waals surface area contributed by atoms with Gasteiger partial charge in [0, 0.05) is 17.3 Å². The molecule has 0 saturated carbocycles. The van der Waals surface area contributed by atoms with Gasteiger partial charge in [0.25, 0.3) is 0 Å². The highest BCUT2D eigenvalue weighted by atomic mass is 16.5. The van der Waals surface area contributed by atoms with E-state index >= 15 is 0 Å². The Kier molecular flexibility index (Phi) is 2.08. The molecule has 0 aliphatic heterocycles. The highest BCUT2D eigenvalue weighted by Gasteiger charge is 2.08. The Bertz CT molecular complexity index is 688. The molecule has 4 nitrogen and oxygen atoms in total. The minimum atomic E-state index is 0.339. The number of hydrogen-bond donors (Lipinski definition) is 1. The molecule has 1 aromatic carbocycles. The Labute approximate surface area is 98.1 Å². The van der Waals surface area contributed by atoms with Crippen molar-refractivity contribution in [3.63, 3.8) is 0 Å². The summed E-state index contributed by atoms with van der Waals surface area (Å²) in [5.74, 6) is 0.339. The van der Waals surface area contributed by atoms with Gasteiger partial charge in [0.1, 0.15) is 0 Å². The third-order valence-electron chi connectivity index (χ3n) is 2.87. The van der Waals surface area contributed by atoms with Gasteiger partial charge >= 0.3 is 0 Å². The zero-order valence-corrected chi connectivity index (χ0v) is 9.34. The second kappa shape index (κ2) is 3.59. The number of hydrogen-bond acceptors (Lipinski definition) is 4. The Morgan fingerprint density at radius 2 is 2.12 bits per heavy atom. The van der Waals surface area contributed by atoms with Crippen molar-refractivity contribution in [1.82, 2.24) is 10.1 Å². The molecule has 0 fully saturated rings. The highest BCUT2D eigenvalue weighted by Crippen LogP contribution is 2.29. The fraction of sp³-hybridized carbons (Fsp3) is 0.0769. The molecule has 3 aromatic rings. The number of anilines is 1. The molecular weight excluding hydrogens is 214 g/mol. The maximum atomic E-state index is 5.71. The van der Waals surface area contributed by atoms with E-state index < -0.39 is 0 Å². The molecule has 0 atom stereocenters. The maximum Gasteiger partial charge on any atom is 0.229 e. The Hall–Kier alpha value is -2.36. The topological polar surface area (TPSA) is 64.9 Å². The summed E-state index contributed by atoms with van der Waals surface area (Å²) in [5, 5.41) is 5.96. The summed E-state index contributed by atoms with van der Waals surface area (Å²) in [6, 6.07) is 8.10. The lowest BCUT2D eigenvalue weighted by molar-refractivity contribution is 0.436. The van der Waals surface area contributed by atoms with Crippen molar-refractivity contribution in [2.24, 2.45) is 0 Å². The van der Waals surface area contributed by atoms with E-state index in [9.17, 15) is 0 Å². The van der Waals surface area contributed by atoms with E-state index in [4.69, 9.17) is 10.3 Å². The molecule has 0 aliphatic carbocycles. The van der Waals surface area contributed by atoms with Crippen LogP contribution in [0.4, 0.5) is 5.88 Å². The van der Waals surface area contributed by atoms with Crippen LogP contribution in [0.5, 0.6) is 0 Å². The van der Waals surface area contributed by atoms with Gasteiger partial charge in [0.05, 0.1) is 11.8 Å². The normalized spacial score (nSPS) is 10.9. The fourth-order valence-corrected chi connectivity index (χ4v) is 1.95. The summed E-state index contributed by atoms with van der Waals surface area (Å²) in [6.45, 7) is 1.99. The number of pyridine rings is 1. The van der Waals surface area contributed by atoms with Gasteiger partial charge in [0.2, 0.25) is 5.88 Å². The van der Waals surface area contributed by atoms with Crippen molar-refractivity contribution in [2.45, 2.75) is 6.92 Å². The molecule has 84 valence electrons. The van der Waals surface area contributed by atoms with Crippen molar-refractivity contribution < 1.29 is 4.52 Å². The minimum absolute atomic E-state index is 0.339. The van der Waals surface area contributed by atoms with Crippen LogP contribution in [0.25, 0.3) is 21.9 Å². The molecule has 2 N–H and O–H groups in total. The van der Waals surface area contributed by atoms with Crippen LogP contribution in [-0.4, -0.2) is 10.1 Å². The smallest absolute Gasteiger partial charge is 0.229 e. The largest absolute Gasteiger partial charge is 0.367 e. The summed E-state index contributed by atoms with van der Waals surface area (Å²) in [5.41, 5.74) is 8.52. The van der Waals surface area contributed by atoms with Crippen molar-refractivity contribution in [3.05, 3.63) is 42.4 Å². The highest BCUT2D eigenvalue weighted by molar-refractivity contribution is 5.89. The first-order valence-corrected chi connectivity index (χ1v) is 5.31. The standard InChI is InChI=1S/C13H11N3O/c1-8-11-6-10(12-7-16-17-13(12)14)3-2-9(11)4-5-15-8/h2-7H,14H2,1H3. The fourth-order valence-electron chi connectivity index (χ4n) is 1.95. The number of nitrogens with zero attached hydrogens (tertiary/aromatic N) is 2. The van der Waals surface area contributed by atoms with Gasteiger partial charge in [-0.2, -0.15) is 0 Å². The number of nitrogens with two attached hydrogens (primary N) is 1. The molecule has 0 saturated heterocycles. The molecule has 17 heavy (non-hydrogen) atoms. The summed E-state index contributed by atoms with van der Waals surface area (Å²) in [6.07, 6.45) is 3.44. The quantitative estimate of drug-likeness (QED) is 0.691. The molecule has 0 aliphatic rings. The van der Waals surface area contributed by atoms with E-state index in [-0.39, 0.29) is 0 Å². The van der Waals surface area contributed by atoms with Crippen LogP contribution >= 0.6 is 0 Å². The SMILES string of the molecule is Cc1nccc2ccc(-c3cnoc3N)cc12. The van der Waals surface area contributed by atoms with E-state index in [0.717, 1.165) is 27.6 Å². The number of fused-ring (bicyclic) bond motifs is 1. The van der Waals surface area contributed by atoms with E-state index in [2.05, 4.69) is 16.2 Å². The minimum Gasteiger partial charge on any atom is -0.367 e. The molecule has 2 aromatic heterocycles. The van der Waals surface area contributed by atoms with Crippen LogP contribution in [0.15, 0.2) is 41.2 Å². The van der Waals surface area contributed by atoms with Crippen LogP contribution in [0, 0.1) is 6.92 Å². The molecule has 4 heteroatoms. The zero-order valence-electron chi connectivity index (χ0n) is 9.34. The number of aryl methyl sites for hydroxylation is 1. The number of benzene rings is 1. The lowest BCUT2D eigenvalue weighted by Gasteiger charge is -2.04. The molecular formula is C13H11N3O. The Balaban J connectivity index is 2.27.